The Morgan fingerprint density at radius 1 is 0.960 bits per heavy atom. The number of benzene rings is 2. The Kier molecular flexibility index (Phi) is 6.68. The van der Waals surface area contributed by atoms with Gasteiger partial charge in [-0.3, -0.25) is 4.72 Å². The molecule has 0 spiro atoms. The molecule has 2 rings (SSSR count). The van der Waals surface area contributed by atoms with Crippen LogP contribution in [0.3, 0.4) is 0 Å². The van der Waals surface area contributed by atoms with Gasteiger partial charge in [-0.05, 0) is 12.1 Å². The van der Waals surface area contributed by atoms with Crippen LogP contribution in [-0.4, -0.2) is 50.2 Å². The summed E-state index contributed by atoms with van der Waals surface area (Å²) in [6.07, 6.45) is 0. The minimum atomic E-state index is -5.25. The Morgan fingerprint density at radius 3 is 1.92 bits per heavy atom. The molecular formula is C13H9F5NNaO4S. The third kappa shape index (κ3) is 3.84. The van der Waals surface area contributed by atoms with Crippen LogP contribution in [0.2, 0.25) is 0 Å². The molecule has 0 amide bonds. The van der Waals surface area contributed by atoms with Crippen LogP contribution < -0.4 is 9.46 Å². The van der Waals surface area contributed by atoms with Gasteiger partial charge in [-0.15, -0.1) is 0 Å². The molecule has 0 radical (unpaired) electrons. The number of aromatic hydroxyl groups is 1. The Hall–Kier alpha value is -1.56. The number of nitrogens with one attached hydrogen (secondary N) is 1. The summed E-state index contributed by atoms with van der Waals surface area (Å²) in [5, 5.41) is 9.74. The number of methoxy groups -OCH3 is 1. The second-order valence-electron chi connectivity index (χ2n) is 4.36. The van der Waals surface area contributed by atoms with Crippen molar-refractivity contribution in [2.45, 2.75) is 4.90 Å². The number of phenols is 1. The zero-order chi connectivity index (χ0) is 18.2. The monoisotopic (exact) mass is 393 g/mol. The number of ether oxygens (including phenoxy) is 1. The van der Waals surface area contributed by atoms with Gasteiger partial charge in [-0.25, -0.2) is 30.4 Å². The number of phenolic OH excluding ortho intramolecular Hbond substituents is 1. The fraction of sp³-hybridized carbons (Fsp3) is 0.0769. The first-order chi connectivity index (χ1) is 11.1. The van der Waals surface area contributed by atoms with Crippen molar-refractivity contribution in [2.24, 2.45) is 0 Å². The molecule has 0 bridgehead atoms. The van der Waals surface area contributed by atoms with Gasteiger partial charge in [0.1, 0.15) is 0 Å². The zero-order valence-corrected chi connectivity index (χ0v) is 12.5. The van der Waals surface area contributed by atoms with Crippen molar-refractivity contribution in [1.29, 1.82) is 0 Å². The van der Waals surface area contributed by atoms with E-state index in [4.69, 9.17) is 4.74 Å². The molecule has 25 heavy (non-hydrogen) atoms. The maximum atomic E-state index is 13.6. The molecule has 2 N–H and O–H groups in total. The quantitative estimate of drug-likeness (QED) is 0.275. The topological polar surface area (TPSA) is 75.6 Å². The normalized spacial score (nSPS) is 11.0. The average molecular weight is 393 g/mol. The van der Waals surface area contributed by atoms with Crippen molar-refractivity contribution in [3.63, 3.8) is 0 Å². The Bertz CT molecular complexity index is 894. The van der Waals surface area contributed by atoms with Gasteiger partial charge in [0.25, 0.3) is 10.0 Å². The van der Waals surface area contributed by atoms with Crippen LogP contribution in [0.5, 0.6) is 11.5 Å². The van der Waals surface area contributed by atoms with Crippen LogP contribution in [-0.2, 0) is 10.0 Å². The predicted molar refractivity (Wildman–Crippen MR) is 78.8 cm³/mol. The summed E-state index contributed by atoms with van der Waals surface area (Å²) in [4.78, 5) is -2.07. The molecule has 0 aliphatic heterocycles. The van der Waals surface area contributed by atoms with E-state index in [1.54, 1.807) is 0 Å². The molecule has 5 nitrogen and oxygen atoms in total. The molecule has 2 aromatic rings. The van der Waals surface area contributed by atoms with E-state index in [1.165, 1.54) is 16.9 Å². The molecule has 0 heterocycles. The predicted octanol–water partition coefficient (Wildman–Crippen LogP) is 2.25. The average Bonchev–Trinajstić information content (AvgIpc) is 2.52. The van der Waals surface area contributed by atoms with Gasteiger partial charge in [0.05, 0.1) is 12.8 Å². The third-order valence-electron chi connectivity index (χ3n) is 2.90. The van der Waals surface area contributed by atoms with Crippen molar-refractivity contribution in [3.05, 3.63) is 47.3 Å². The summed E-state index contributed by atoms with van der Waals surface area (Å²) in [5.41, 5.74) is -0.585. The van der Waals surface area contributed by atoms with E-state index in [0.29, 0.717) is 0 Å². The van der Waals surface area contributed by atoms with E-state index in [2.05, 4.69) is 0 Å². The second kappa shape index (κ2) is 7.77. The van der Waals surface area contributed by atoms with Crippen molar-refractivity contribution in [1.82, 2.24) is 0 Å². The molecule has 0 unspecified atom stereocenters. The summed E-state index contributed by atoms with van der Waals surface area (Å²) in [6.45, 7) is 0. The van der Waals surface area contributed by atoms with E-state index in [-0.39, 0.29) is 35.3 Å². The molecule has 0 aliphatic rings. The molecular weight excluding hydrogens is 384 g/mol. The van der Waals surface area contributed by atoms with Gasteiger partial charge in [0.2, 0.25) is 5.82 Å². The van der Waals surface area contributed by atoms with Gasteiger partial charge in [-0.2, -0.15) is 0 Å². The number of sulfonamides is 1. The molecule has 12 heteroatoms. The van der Waals surface area contributed by atoms with Crippen LogP contribution in [0.4, 0.5) is 27.6 Å². The molecule has 2 aromatic carbocycles. The molecule has 0 saturated heterocycles. The standard InChI is InChI=1S/C13H8F5NO4S.Na.H/c1-23-6-4-2-3-5(12(6)20)19-24(21,22)13-10(17)8(15)7(14)9(16)11(13)18;;/h2-4,19-20H,1H3;;. The van der Waals surface area contributed by atoms with E-state index < -0.39 is 55.4 Å². The Labute approximate surface area is 160 Å². The number of rotatable bonds is 4. The fourth-order valence-electron chi connectivity index (χ4n) is 1.79. The molecule has 132 valence electrons. The Balaban J connectivity index is 0.00000312. The van der Waals surface area contributed by atoms with Crippen LogP contribution >= 0.6 is 0 Å². The van der Waals surface area contributed by atoms with Gasteiger partial charge in [0.15, 0.2) is 39.7 Å². The first-order valence-electron chi connectivity index (χ1n) is 6.02. The van der Waals surface area contributed by atoms with Gasteiger partial charge < -0.3 is 9.84 Å². The number of halogens is 5. The molecule has 0 aliphatic carbocycles. The van der Waals surface area contributed by atoms with E-state index in [9.17, 15) is 35.5 Å². The number of para-hydroxylation sites is 1. The van der Waals surface area contributed by atoms with Crippen LogP contribution in [0.25, 0.3) is 0 Å². The van der Waals surface area contributed by atoms with Crippen molar-refractivity contribution >= 4 is 45.3 Å². The molecule has 0 atom stereocenters. The van der Waals surface area contributed by atoms with Gasteiger partial charge >= 0.3 is 29.6 Å². The molecule has 0 aromatic heterocycles. The first-order valence-corrected chi connectivity index (χ1v) is 7.50. The number of hydrogen-bond donors (Lipinski definition) is 2. The molecule has 0 saturated carbocycles. The summed E-state index contributed by atoms with van der Waals surface area (Å²) in [7, 11) is -4.10. The SMILES string of the molecule is COc1cccc(NS(=O)(=O)c2c(F)c(F)c(F)c(F)c2F)c1O.[NaH]. The van der Waals surface area contributed by atoms with Gasteiger partial charge in [0, 0.05) is 0 Å². The van der Waals surface area contributed by atoms with E-state index in [0.717, 1.165) is 13.2 Å². The zero-order valence-electron chi connectivity index (χ0n) is 11.7. The van der Waals surface area contributed by atoms with Crippen molar-refractivity contribution in [3.8, 4) is 11.5 Å². The van der Waals surface area contributed by atoms with Crippen molar-refractivity contribution in [2.75, 3.05) is 11.8 Å². The molecule has 0 fully saturated rings. The fourth-order valence-corrected chi connectivity index (χ4v) is 2.99. The minimum absolute atomic E-state index is 0. The van der Waals surface area contributed by atoms with Crippen molar-refractivity contribution < 1.29 is 40.2 Å². The van der Waals surface area contributed by atoms with E-state index >= 15 is 0 Å². The second-order valence-corrected chi connectivity index (χ2v) is 5.98. The summed E-state index contributed by atoms with van der Waals surface area (Å²) < 4.78 is 96.8. The third-order valence-corrected chi connectivity index (χ3v) is 4.29. The number of anilines is 1. The first kappa shape index (κ1) is 21.5. The number of hydrogen-bond acceptors (Lipinski definition) is 4. The van der Waals surface area contributed by atoms with Crippen LogP contribution in [0, 0.1) is 29.1 Å². The maximum absolute atomic E-state index is 13.6. The summed E-state index contributed by atoms with van der Waals surface area (Å²) >= 11 is 0. The van der Waals surface area contributed by atoms with Crippen LogP contribution in [0.15, 0.2) is 23.1 Å². The Morgan fingerprint density at radius 2 is 1.44 bits per heavy atom. The van der Waals surface area contributed by atoms with Gasteiger partial charge in [-0.1, -0.05) is 6.07 Å². The van der Waals surface area contributed by atoms with E-state index in [1.807, 2.05) is 0 Å². The summed E-state index contributed by atoms with van der Waals surface area (Å²) in [5.74, 6) is -13.3. The summed E-state index contributed by atoms with van der Waals surface area (Å²) in [6, 6.07) is 3.45. The van der Waals surface area contributed by atoms with Crippen LogP contribution in [0.1, 0.15) is 0 Å².